The molecule has 0 aromatic heterocycles. The molecule has 3 aromatic carbocycles. The molecular weight excluding hydrogens is 350 g/mol. The van der Waals surface area contributed by atoms with Gasteiger partial charge in [-0.05, 0) is 66.1 Å². The molecule has 0 heterocycles. The van der Waals surface area contributed by atoms with E-state index >= 15 is 0 Å². The Hall–Kier alpha value is -3.05. The fraction of sp³-hybridized carbons (Fsp3) is 0.261. The molecule has 2 amide bonds. The van der Waals surface area contributed by atoms with E-state index in [1.54, 1.807) is 7.11 Å². The summed E-state index contributed by atoms with van der Waals surface area (Å²) in [5.74, 6) is 0.873. The van der Waals surface area contributed by atoms with Crippen LogP contribution >= 0.6 is 0 Å². The van der Waals surface area contributed by atoms with E-state index in [1.165, 1.54) is 21.9 Å². The minimum atomic E-state index is -0.185. The smallest absolute Gasteiger partial charge is 0.319 e. The van der Waals surface area contributed by atoms with E-state index < -0.39 is 0 Å². The van der Waals surface area contributed by atoms with Gasteiger partial charge < -0.3 is 20.7 Å². The zero-order valence-corrected chi connectivity index (χ0v) is 16.6. The third-order valence-corrected chi connectivity index (χ3v) is 4.40. The lowest BCUT2D eigenvalue weighted by Crippen LogP contribution is -2.34. The summed E-state index contributed by atoms with van der Waals surface area (Å²) in [7, 11) is 1.68. The van der Waals surface area contributed by atoms with Gasteiger partial charge in [0.2, 0.25) is 0 Å². The van der Waals surface area contributed by atoms with Gasteiger partial charge in [0.15, 0.2) is 0 Å². The fourth-order valence-corrected chi connectivity index (χ4v) is 3.00. The van der Waals surface area contributed by atoms with Crippen LogP contribution < -0.4 is 20.7 Å². The normalized spacial score (nSPS) is 10.9. The lowest BCUT2D eigenvalue weighted by atomic mass is 10.1. The highest BCUT2D eigenvalue weighted by atomic mass is 16.5. The molecule has 0 unspecified atom stereocenters. The summed E-state index contributed by atoms with van der Waals surface area (Å²) < 4.78 is 5.27. The molecule has 28 heavy (non-hydrogen) atoms. The molecule has 5 heteroatoms. The number of rotatable bonds is 7. The van der Waals surface area contributed by atoms with E-state index in [-0.39, 0.29) is 12.1 Å². The first-order chi connectivity index (χ1) is 13.5. The molecule has 3 aromatic rings. The second kappa shape index (κ2) is 9.24. The largest absolute Gasteiger partial charge is 0.497 e. The summed E-state index contributed by atoms with van der Waals surface area (Å²) in [6.07, 6.45) is 0. The summed E-state index contributed by atoms with van der Waals surface area (Å²) in [5, 5.41) is 11.5. The van der Waals surface area contributed by atoms with Crippen molar-refractivity contribution in [3.8, 4) is 5.75 Å². The minimum absolute atomic E-state index is 0.112. The maximum Gasteiger partial charge on any atom is 0.319 e. The number of fused-ring (bicyclic) bond motifs is 1. The molecule has 0 aliphatic heterocycles. The number of benzene rings is 3. The van der Waals surface area contributed by atoms with Crippen molar-refractivity contribution in [2.75, 3.05) is 12.4 Å². The second-order valence-corrected chi connectivity index (χ2v) is 7.10. The van der Waals surface area contributed by atoms with Crippen LogP contribution in [0.3, 0.4) is 0 Å². The van der Waals surface area contributed by atoms with Crippen molar-refractivity contribution in [2.24, 2.45) is 0 Å². The van der Waals surface area contributed by atoms with Gasteiger partial charge in [0.25, 0.3) is 0 Å². The molecule has 0 radical (unpaired) electrons. The second-order valence-electron chi connectivity index (χ2n) is 7.10. The van der Waals surface area contributed by atoms with Gasteiger partial charge in [0.05, 0.1) is 7.11 Å². The molecular formula is C23H27N3O2. The molecule has 0 fully saturated rings. The Kier molecular flexibility index (Phi) is 6.50. The first kappa shape index (κ1) is 19.7. The summed E-state index contributed by atoms with van der Waals surface area (Å²) in [6.45, 7) is 5.42. The lowest BCUT2D eigenvalue weighted by molar-refractivity contribution is 0.250. The van der Waals surface area contributed by atoms with Gasteiger partial charge in [-0.1, -0.05) is 30.3 Å². The molecule has 0 saturated carbocycles. The Morgan fingerprint density at radius 2 is 1.54 bits per heavy atom. The van der Waals surface area contributed by atoms with Crippen LogP contribution in [-0.4, -0.2) is 19.2 Å². The average molecular weight is 377 g/mol. The van der Waals surface area contributed by atoms with Gasteiger partial charge in [-0.25, -0.2) is 4.79 Å². The number of hydrogen-bond acceptors (Lipinski definition) is 3. The van der Waals surface area contributed by atoms with Crippen LogP contribution in [0.15, 0.2) is 60.7 Å². The van der Waals surface area contributed by atoms with E-state index in [1.807, 2.05) is 50.2 Å². The highest BCUT2D eigenvalue weighted by Gasteiger charge is 2.03. The number of ether oxygens (including phenoxy) is 1. The number of hydrogen-bond donors (Lipinski definition) is 3. The number of nitrogens with one attached hydrogen (secondary N) is 3. The third-order valence-electron chi connectivity index (χ3n) is 4.40. The zero-order valence-electron chi connectivity index (χ0n) is 16.6. The molecule has 0 bridgehead atoms. The van der Waals surface area contributed by atoms with Crippen molar-refractivity contribution in [2.45, 2.75) is 33.0 Å². The SMILES string of the molecule is COc1ccc2cc(CNCc3ccc(NC(=O)NC(C)C)cc3)ccc2c1. The standard InChI is InChI=1S/C23H27N3O2/c1-16(2)25-23(27)26-21-9-5-17(6-10-21)14-24-15-18-4-7-20-13-22(28-3)11-8-19(20)12-18/h4-13,16,24H,14-15H2,1-3H3,(H2,25,26,27). The Labute approximate surface area is 166 Å². The highest BCUT2D eigenvalue weighted by Crippen LogP contribution is 2.22. The molecule has 0 aliphatic rings. The summed E-state index contributed by atoms with van der Waals surface area (Å²) in [6, 6.07) is 20.4. The van der Waals surface area contributed by atoms with E-state index in [9.17, 15) is 4.79 Å². The van der Waals surface area contributed by atoms with Gasteiger partial charge in [0, 0.05) is 24.8 Å². The Bertz CT molecular complexity index is 936. The minimum Gasteiger partial charge on any atom is -0.497 e. The number of urea groups is 1. The van der Waals surface area contributed by atoms with Crippen LogP contribution in [0.25, 0.3) is 10.8 Å². The number of anilines is 1. The van der Waals surface area contributed by atoms with E-state index in [0.717, 1.165) is 24.5 Å². The van der Waals surface area contributed by atoms with Crippen molar-refractivity contribution in [1.82, 2.24) is 10.6 Å². The van der Waals surface area contributed by atoms with Gasteiger partial charge >= 0.3 is 6.03 Å². The van der Waals surface area contributed by atoms with Gasteiger partial charge in [0.1, 0.15) is 5.75 Å². The Morgan fingerprint density at radius 3 is 2.25 bits per heavy atom. The maximum atomic E-state index is 11.7. The fourth-order valence-electron chi connectivity index (χ4n) is 3.00. The molecule has 0 spiro atoms. The third kappa shape index (κ3) is 5.47. The maximum absolute atomic E-state index is 11.7. The quantitative estimate of drug-likeness (QED) is 0.561. The Balaban J connectivity index is 1.52. The summed E-state index contributed by atoms with van der Waals surface area (Å²) >= 11 is 0. The van der Waals surface area contributed by atoms with E-state index in [4.69, 9.17) is 4.74 Å². The summed E-state index contributed by atoms with van der Waals surface area (Å²) in [4.78, 5) is 11.7. The Morgan fingerprint density at radius 1 is 0.893 bits per heavy atom. The molecule has 0 saturated heterocycles. The number of methoxy groups -OCH3 is 1. The molecule has 146 valence electrons. The van der Waals surface area contributed by atoms with E-state index in [2.05, 4.69) is 40.2 Å². The predicted octanol–water partition coefficient (Wildman–Crippen LogP) is 4.67. The van der Waals surface area contributed by atoms with Crippen molar-refractivity contribution in [3.63, 3.8) is 0 Å². The topological polar surface area (TPSA) is 62.4 Å². The van der Waals surface area contributed by atoms with Crippen LogP contribution in [0, 0.1) is 0 Å². The van der Waals surface area contributed by atoms with Crippen LogP contribution in [0.1, 0.15) is 25.0 Å². The monoisotopic (exact) mass is 377 g/mol. The highest BCUT2D eigenvalue weighted by molar-refractivity contribution is 5.89. The van der Waals surface area contributed by atoms with Crippen LogP contribution in [0.5, 0.6) is 5.75 Å². The van der Waals surface area contributed by atoms with Gasteiger partial charge in [-0.2, -0.15) is 0 Å². The van der Waals surface area contributed by atoms with Crippen LogP contribution in [0.4, 0.5) is 10.5 Å². The van der Waals surface area contributed by atoms with Crippen LogP contribution in [-0.2, 0) is 13.1 Å². The number of amides is 2. The molecule has 3 rings (SSSR count). The van der Waals surface area contributed by atoms with Gasteiger partial charge in [-0.15, -0.1) is 0 Å². The van der Waals surface area contributed by atoms with Crippen molar-refractivity contribution >= 4 is 22.5 Å². The van der Waals surface area contributed by atoms with Gasteiger partial charge in [-0.3, -0.25) is 0 Å². The van der Waals surface area contributed by atoms with Crippen LogP contribution in [0.2, 0.25) is 0 Å². The predicted molar refractivity (Wildman–Crippen MR) is 115 cm³/mol. The summed E-state index contributed by atoms with van der Waals surface area (Å²) in [5.41, 5.74) is 3.19. The zero-order chi connectivity index (χ0) is 19.9. The molecule has 5 nitrogen and oxygen atoms in total. The number of carbonyl (C=O) groups excluding carboxylic acids is 1. The van der Waals surface area contributed by atoms with Crippen molar-refractivity contribution < 1.29 is 9.53 Å². The average Bonchev–Trinajstić information content (AvgIpc) is 2.68. The first-order valence-corrected chi connectivity index (χ1v) is 9.47. The molecule has 3 N–H and O–H groups in total. The first-order valence-electron chi connectivity index (χ1n) is 9.47. The lowest BCUT2D eigenvalue weighted by Gasteiger charge is -2.11. The van der Waals surface area contributed by atoms with E-state index in [0.29, 0.717) is 0 Å². The molecule has 0 atom stereocenters. The number of carbonyl (C=O) groups is 1. The van der Waals surface area contributed by atoms with Crippen molar-refractivity contribution in [3.05, 3.63) is 71.8 Å². The van der Waals surface area contributed by atoms with Crippen molar-refractivity contribution in [1.29, 1.82) is 0 Å². The molecule has 0 aliphatic carbocycles.